The molecule has 0 fully saturated rings. The third-order valence-electron chi connectivity index (χ3n) is 19.0. The number of halogens is 6. The molecule has 0 spiro atoms. The number of aromatic nitrogens is 10. The van der Waals surface area contributed by atoms with E-state index in [0.717, 1.165) is 23.4 Å². The van der Waals surface area contributed by atoms with Crippen molar-refractivity contribution < 1.29 is 17.9 Å². The van der Waals surface area contributed by atoms with Gasteiger partial charge in [0.1, 0.15) is 146 Å². The first-order chi connectivity index (χ1) is 62.5. The molecule has 10 aromatic carbocycles. The number of nitrogens with zero attached hydrogens (tertiary/aromatic N) is 20. The van der Waals surface area contributed by atoms with Crippen molar-refractivity contribution in [3.63, 3.8) is 0 Å². The van der Waals surface area contributed by atoms with E-state index in [1.54, 1.807) is 98.1 Å². The first kappa shape index (κ1) is 91.3. The summed E-state index contributed by atoms with van der Waals surface area (Å²) in [6.07, 6.45) is 1.62. The Morgan fingerprint density at radius 2 is 0.636 bits per heavy atom. The van der Waals surface area contributed by atoms with Gasteiger partial charge in [-0.25, -0.2) is 23.4 Å². The van der Waals surface area contributed by atoms with Gasteiger partial charge < -0.3 is 33.4 Å². The fraction of sp³-hybridized carbons (Fsp3) is 0.0412. The van der Waals surface area contributed by atoms with Gasteiger partial charge in [-0.15, -0.1) is 0 Å². The Labute approximate surface area is 752 Å². The molecule has 0 saturated heterocycles. The van der Waals surface area contributed by atoms with Crippen LogP contribution in [0.2, 0.25) is 15.1 Å². The van der Waals surface area contributed by atoms with Gasteiger partial charge in [0.25, 0.3) is 0 Å². The Kier molecular flexibility index (Phi) is 30.3. The smallest absolute Gasteiger partial charge is 0.416 e. The van der Waals surface area contributed by atoms with E-state index in [9.17, 15) is 65.8 Å². The van der Waals surface area contributed by atoms with Crippen molar-refractivity contribution in [1.82, 2.24) is 48.9 Å². The lowest BCUT2D eigenvalue weighted by molar-refractivity contribution is -0.137. The van der Waals surface area contributed by atoms with Crippen LogP contribution in [0.4, 0.5) is 42.3 Å². The summed E-state index contributed by atoms with van der Waals surface area (Å²) in [6.45, 7) is 0. The molecule has 626 valence electrons. The summed E-state index contributed by atoms with van der Waals surface area (Å²) in [5.41, 5.74) is 37.7. The topological polar surface area (TPSA) is 466 Å². The fourth-order valence-electron chi connectivity index (χ4n) is 12.7. The van der Waals surface area contributed by atoms with Crippen molar-refractivity contribution >= 4 is 110 Å². The number of ether oxygens (including phenoxy) is 1. The van der Waals surface area contributed by atoms with Crippen molar-refractivity contribution in [3.8, 4) is 94.9 Å². The minimum absolute atomic E-state index is 0.00560. The normalized spacial score (nSPS) is 11.2. The number of methoxy groups -OCH3 is 1. The van der Waals surface area contributed by atoms with Crippen molar-refractivity contribution in [3.05, 3.63) is 378 Å². The van der Waals surface area contributed by atoms with Crippen LogP contribution in [0, 0.1) is 113 Å². The molecule has 129 heavy (non-hydrogen) atoms. The SMILES string of the molecule is COc1ccccc1/C=C(\C#N)c1nn(-c2ccccc2)c(N)c1C#N.N#C/C(=C\c1ccccc1)c1nn(-c2ccccc2)c(N)c1C#N.N#C/C(=C\c1ccccc1C(F)(F)F)c1nn(-c2ccccc2)c(N)c1C#N.N#C/C(=C\c1ccccc1Cl)c1nn(-c2ccccc2)c(N)c1C#N.N#Cc1c(C(C#N)Cc2c(Cl)cccc2Cl)nn(-c2ccccc2)c1N. The molecule has 0 aliphatic rings. The second-order valence-corrected chi connectivity index (χ2v) is 28.1. The molecule has 0 aliphatic carbocycles. The lowest BCUT2D eigenvalue weighted by atomic mass is 9.95. The highest BCUT2D eigenvalue weighted by atomic mass is 35.5. The molecule has 0 radical (unpaired) electrons. The summed E-state index contributed by atoms with van der Waals surface area (Å²) in [6, 6.07) is 99.7. The van der Waals surface area contributed by atoms with E-state index in [4.69, 9.17) is 68.2 Å². The minimum Gasteiger partial charge on any atom is -0.496 e. The monoisotopic (exact) mass is 1760 g/mol. The van der Waals surface area contributed by atoms with E-state index in [2.05, 4.69) is 68.0 Å². The van der Waals surface area contributed by atoms with E-state index in [-0.39, 0.29) is 108 Å². The minimum atomic E-state index is -4.59. The quantitative estimate of drug-likeness (QED) is 0.0529. The molecule has 5 aromatic heterocycles. The Bertz CT molecular complexity index is 7210. The zero-order valence-electron chi connectivity index (χ0n) is 67.6. The third kappa shape index (κ3) is 21.2. The number of hydrogen-bond acceptors (Lipinski definition) is 21. The van der Waals surface area contributed by atoms with Gasteiger partial charge in [-0.3, -0.25) is 0 Å². The van der Waals surface area contributed by atoms with Gasteiger partial charge in [-0.2, -0.15) is 91.3 Å². The molecule has 0 aliphatic heterocycles. The van der Waals surface area contributed by atoms with E-state index >= 15 is 0 Å². The summed E-state index contributed by atoms with van der Waals surface area (Å²) in [7, 11) is 1.56. The summed E-state index contributed by atoms with van der Waals surface area (Å²) in [5.74, 6) is 0.684. The second-order valence-electron chi connectivity index (χ2n) is 26.9. The van der Waals surface area contributed by atoms with E-state index in [1.807, 2.05) is 194 Å². The van der Waals surface area contributed by atoms with Crippen LogP contribution in [-0.2, 0) is 12.6 Å². The van der Waals surface area contributed by atoms with Crippen molar-refractivity contribution in [2.75, 3.05) is 35.8 Å². The molecule has 1 unspecified atom stereocenters. The number of rotatable bonds is 17. The average Bonchev–Trinajstić information content (AvgIpc) is 1.66. The molecule has 1 atom stereocenters. The second kappa shape index (κ2) is 42.9. The van der Waals surface area contributed by atoms with E-state index in [1.165, 1.54) is 41.6 Å². The zero-order valence-corrected chi connectivity index (χ0v) is 69.8. The standard InChI is InChI=1S/C20H12F3N5.C20H15N5O.C19H13Cl2N5.C19H12ClN5.C19H13N5/c21-20(22,23)17-9-5-4-6-13(17)10-14(11-24)18-16(12-25)19(26)28(27-18)15-7-2-1-3-8-15;1-26-18-10-6-5-7-14(18)11-15(12-21)19-17(13-22)20(23)25(24-19)16-8-3-2-4-9-16;20-16-7-4-8-17(21)14(16)9-12(10-22)18-15(11-23)19(24)26(25-18)13-5-2-1-3-6-13;20-17-9-5-4-6-13(17)10-14(11-21)18-16(12-22)19(23)25(24-18)15-7-2-1-3-8-15;20-12-15(11-14-7-3-1-4-8-14)18-17(13-21)19(22)24(23-18)16-9-5-2-6-10-16/h1-10H,26H2;2-11H,23H2,1H3;1-8,12H,9,24H2;1-10H,23H2;1-11H,22H2/b14-10+;15-11+;;14-10+;15-11+. The number of allylic oxidation sites excluding steroid dienone is 4. The predicted octanol–water partition coefficient (Wildman–Crippen LogP) is 19.7. The van der Waals surface area contributed by atoms with E-state index < -0.39 is 17.7 Å². The highest BCUT2D eigenvalue weighted by Gasteiger charge is 2.34. The van der Waals surface area contributed by atoms with Crippen LogP contribution in [0.25, 0.3) is 75.0 Å². The maximum atomic E-state index is 13.2. The molecular weight excluding hydrogens is 1690 g/mol. The van der Waals surface area contributed by atoms with Crippen molar-refractivity contribution in [1.29, 1.82) is 52.6 Å². The molecular formula is C97H65Cl3F3N25O. The lowest BCUT2D eigenvalue weighted by Crippen LogP contribution is -2.07. The van der Waals surface area contributed by atoms with Gasteiger partial charge in [-0.05, 0) is 144 Å². The largest absolute Gasteiger partial charge is 0.496 e. The average molecular weight is 1760 g/mol. The van der Waals surface area contributed by atoms with Crippen molar-refractivity contribution in [2.45, 2.75) is 18.5 Å². The molecule has 10 N–H and O–H groups in total. The number of nitrogens with two attached hydrogens (primary N) is 5. The van der Waals surface area contributed by atoms with Crippen LogP contribution in [0.5, 0.6) is 5.75 Å². The Balaban J connectivity index is 0.000000156. The van der Waals surface area contributed by atoms with Gasteiger partial charge in [0.2, 0.25) is 0 Å². The highest BCUT2D eigenvalue weighted by molar-refractivity contribution is 6.36. The first-order valence-electron chi connectivity index (χ1n) is 38.1. The highest BCUT2D eigenvalue weighted by Crippen LogP contribution is 2.38. The lowest BCUT2D eigenvalue weighted by Gasteiger charge is -2.10. The number of nitrogen functional groups attached to an aromatic ring is 5. The van der Waals surface area contributed by atoms with Gasteiger partial charge >= 0.3 is 6.18 Å². The summed E-state index contributed by atoms with van der Waals surface area (Å²) in [4.78, 5) is 0. The van der Waals surface area contributed by atoms with Crippen molar-refractivity contribution in [2.24, 2.45) is 0 Å². The number of hydrogen-bond donors (Lipinski definition) is 5. The Hall–Kier alpha value is -18.4. The molecule has 0 bridgehead atoms. The van der Waals surface area contributed by atoms with Crippen LogP contribution >= 0.6 is 34.8 Å². The Morgan fingerprint density at radius 3 is 0.977 bits per heavy atom. The summed E-state index contributed by atoms with van der Waals surface area (Å²) >= 11 is 18.6. The van der Waals surface area contributed by atoms with Gasteiger partial charge in [0.15, 0.2) is 0 Å². The Morgan fingerprint density at radius 1 is 0.349 bits per heavy atom. The first-order valence-corrected chi connectivity index (χ1v) is 39.3. The summed E-state index contributed by atoms with van der Waals surface area (Å²) in [5, 5.41) is 119. The number of para-hydroxylation sites is 6. The molecule has 5 heterocycles. The number of alkyl halides is 3. The maximum absolute atomic E-state index is 13.2. The molecule has 32 heteroatoms. The zero-order chi connectivity index (χ0) is 92.3. The van der Waals surface area contributed by atoms with Crippen LogP contribution in [0.15, 0.2) is 273 Å². The van der Waals surface area contributed by atoms with E-state index in [0.29, 0.717) is 71.5 Å². The number of nitriles is 10. The maximum Gasteiger partial charge on any atom is 0.416 e. The van der Waals surface area contributed by atoms with Gasteiger partial charge in [0, 0.05) is 20.6 Å². The molecule has 26 nitrogen and oxygen atoms in total. The molecule has 15 aromatic rings. The van der Waals surface area contributed by atoms with Gasteiger partial charge in [0.05, 0.1) is 75.4 Å². The fourth-order valence-corrected chi connectivity index (χ4v) is 13.5. The van der Waals surface area contributed by atoms with Crippen LogP contribution in [0.3, 0.4) is 0 Å². The third-order valence-corrected chi connectivity index (χ3v) is 20.0. The van der Waals surface area contributed by atoms with Crippen LogP contribution in [-0.4, -0.2) is 56.0 Å². The molecule has 0 saturated carbocycles. The van der Waals surface area contributed by atoms with Crippen LogP contribution in [0.1, 0.15) is 95.6 Å². The predicted molar refractivity (Wildman–Crippen MR) is 488 cm³/mol. The molecule has 0 amide bonds. The number of anilines is 5. The molecule has 15 rings (SSSR count). The summed E-state index contributed by atoms with van der Waals surface area (Å²) < 4.78 is 52.1. The number of benzene rings is 10. The van der Waals surface area contributed by atoms with Crippen LogP contribution < -0.4 is 33.4 Å². The van der Waals surface area contributed by atoms with Gasteiger partial charge in [-0.1, -0.05) is 217 Å².